The molecule has 2 rings (SSSR count). The fourth-order valence-electron chi connectivity index (χ4n) is 2.09. The summed E-state index contributed by atoms with van der Waals surface area (Å²) < 4.78 is 27.1. The number of nitrogens with zero attached hydrogens (tertiary/aromatic N) is 1. The normalized spacial score (nSPS) is 14.4. The molecule has 0 heterocycles. The number of carbonyl (C=O) groups is 1. The van der Waals surface area contributed by atoms with Crippen LogP contribution in [-0.2, 0) is 0 Å². The summed E-state index contributed by atoms with van der Waals surface area (Å²) in [6.07, 6.45) is 2.40. The number of nitrogens with one attached hydrogen (secondary N) is 2. The fraction of sp³-hybridized carbons (Fsp3) is 0.500. The molecule has 0 atom stereocenters. The van der Waals surface area contributed by atoms with E-state index in [0.717, 1.165) is 18.7 Å². The average Bonchev–Trinajstić information content (AvgIpc) is 3.22. The summed E-state index contributed by atoms with van der Waals surface area (Å²) in [6.45, 7) is 1.19. The molecule has 0 aromatic heterocycles. The number of amides is 1. The van der Waals surface area contributed by atoms with E-state index in [-0.39, 0.29) is 11.3 Å². The molecule has 20 heavy (non-hydrogen) atoms. The van der Waals surface area contributed by atoms with Crippen molar-refractivity contribution in [3.63, 3.8) is 0 Å². The minimum atomic E-state index is -0.771. The number of hydrogen-bond donors (Lipinski definition) is 2. The molecule has 1 saturated carbocycles. The summed E-state index contributed by atoms with van der Waals surface area (Å²) in [4.78, 5) is 14.0. The first-order valence-electron chi connectivity index (χ1n) is 6.68. The van der Waals surface area contributed by atoms with Crippen molar-refractivity contribution in [2.45, 2.75) is 18.9 Å². The third-order valence-electron chi connectivity index (χ3n) is 3.47. The van der Waals surface area contributed by atoms with Crippen LogP contribution in [0.2, 0.25) is 0 Å². The van der Waals surface area contributed by atoms with Crippen LogP contribution in [0.4, 0.5) is 14.5 Å². The number of carbonyl (C=O) groups excluding carboxylic acids is 1. The van der Waals surface area contributed by atoms with Gasteiger partial charge in [-0.25, -0.2) is 8.78 Å². The third-order valence-corrected chi connectivity index (χ3v) is 3.47. The number of halogens is 2. The monoisotopic (exact) mass is 283 g/mol. The molecule has 6 heteroatoms. The topological polar surface area (TPSA) is 44.4 Å². The molecule has 0 unspecified atom stereocenters. The van der Waals surface area contributed by atoms with E-state index in [0.29, 0.717) is 12.6 Å². The molecule has 0 bridgehead atoms. The quantitative estimate of drug-likeness (QED) is 0.837. The highest BCUT2D eigenvalue weighted by atomic mass is 19.1. The van der Waals surface area contributed by atoms with Crippen molar-refractivity contribution < 1.29 is 13.6 Å². The molecule has 1 aliphatic rings. The first-order chi connectivity index (χ1) is 9.52. The van der Waals surface area contributed by atoms with E-state index in [1.165, 1.54) is 19.9 Å². The van der Waals surface area contributed by atoms with Crippen LogP contribution in [0.3, 0.4) is 0 Å². The predicted octanol–water partition coefficient (Wildman–Crippen LogP) is 1.83. The van der Waals surface area contributed by atoms with Crippen LogP contribution in [-0.4, -0.2) is 44.0 Å². The molecular weight excluding hydrogens is 264 g/mol. The highest BCUT2D eigenvalue weighted by molar-refractivity contribution is 5.94. The summed E-state index contributed by atoms with van der Waals surface area (Å²) in [5.41, 5.74) is -0.233. The first-order valence-corrected chi connectivity index (χ1v) is 6.68. The van der Waals surface area contributed by atoms with Crippen molar-refractivity contribution in [2.75, 3.05) is 32.5 Å². The number of likely N-dealkylation sites (N-methyl/N-ethyl adjacent to an activating group) is 1. The van der Waals surface area contributed by atoms with Gasteiger partial charge < -0.3 is 15.5 Å². The van der Waals surface area contributed by atoms with Gasteiger partial charge in [0.15, 0.2) is 0 Å². The van der Waals surface area contributed by atoms with Crippen molar-refractivity contribution in [2.24, 2.45) is 0 Å². The lowest BCUT2D eigenvalue weighted by Crippen LogP contribution is -2.34. The lowest BCUT2D eigenvalue weighted by molar-refractivity contribution is 0.0948. The molecule has 0 spiro atoms. The number of hydrogen-bond acceptors (Lipinski definition) is 3. The molecule has 4 nitrogen and oxygen atoms in total. The summed E-state index contributed by atoms with van der Waals surface area (Å²) in [6, 6.07) is 2.70. The summed E-state index contributed by atoms with van der Waals surface area (Å²) in [5, 5.41) is 5.09. The second-order valence-corrected chi connectivity index (χ2v) is 5.03. The van der Waals surface area contributed by atoms with E-state index in [2.05, 4.69) is 15.5 Å². The molecule has 1 aromatic carbocycles. The highest BCUT2D eigenvalue weighted by Crippen LogP contribution is 2.24. The van der Waals surface area contributed by atoms with E-state index in [1.54, 1.807) is 0 Å². The largest absolute Gasteiger partial charge is 0.383 e. The van der Waals surface area contributed by atoms with E-state index in [4.69, 9.17) is 0 Å². The standard InChI is InChI=1S/C14H19F2N3O/c1-17-13-11(15)7-9(8-12(13)16)14(20)18-5-6-19(2)10-3-4-10/h7-8,10,17H,3-6H2,1-2H3,(H,18,20). The van der Waals surface area contributed by atoms with Crippen LogP contribution in [0.5, 0.6) is 0 Å². The van der Waals surface area contributed by atoms with Crippen molar-refractivity contribution in [3.8, 4) is 0 Å². The van der Waals surface area contributed by atoms with Gasteiger partial charge in [0.05, 0.1) is 0 Å². The maximum Gasteiger partial charge on any atom is 0.251 e. The summed E-state index contributed by atoms with van der Waals surface area (Å²) >= 11 is 0. The van der Waals surface area contributed by atoms with Gasteiger partial charge >= 0.3 is 0 Å². The third kappa shape index (κ3) is 3.45. The maximum absolute atomic E-state index is 13.5. The van der Waals surface area contributed by atoms with E-state index >= 15 is 0 Å². The van der Waals surface area contributed by atoms with Crippen LogP contribution in [0, 0.1) is 11.6 Å². The maximum atomic E-state index is 13.5. The van der Waals surface area contributed by atoms with Crippen LogP contribution >= 0.6 is 0 Å². The van der Waals surface area contributed by atoms with Gasteiger partial charge in [-0.2, -0.15) is 0 Å². The number of rotatable bonds is 6. The second kappa shape index (κ2) is 6.17. The molecule has 0 aliphatic heterocycles. The number of benzene rings is 1. The van der Waals surface area contributed by atoms with Gasteiger partial charge in [-0.05, 0) is 32.0 Å². The van der Waals surface area contributed by atoms with Crippen molar-refractivity contribution in [1.82, 2.24) is 10.2 Å². The van der Waals surface area contributed by atoms with Crippen LogP contribution in [0.25, 0.3) is 0 Å². The molecule has 2 N–H and O–H groups in total. The Morgan fingerprint density at radius 2 is 1.95 bits per heavy atom. The highest BCUT2D eigenvalue weighted by Gasteiger charge is 2.25. The summed E-state index contributed by atoms with van der Waals surface area (Å²) in [7, 11) is 3.43. The molecular formula is C14H19F2N3O. The van der Waals surface area contributed by atoms with Gasteiger partial charge in [0.1, 0.15) is 17.3 Å². The molecule has 1 aromatic rings. The van der Waals surface area contributed by atoms with Gasteiger partial charge in [-0.1, -0.05) is 0 Å². The lowest BCUT2D eigenvalue weighted by atomic mass is 10.1. The van der Waals surface area contributed by atoms with Crippen molar-refractivity contribution >= 4 is 11.6 Å². The van der Waals surface area contributed by atoms with Gasteiger partial charge in [-0.3, -0.25) is 4.79 Å². The molecule has 1 amide bonds. The zero-order valence-electron chi connectivity index (χ0n) is 11.7. The Bertz CT molecular complexity index is 480. The van der Waals surface area contributed by atoms with E-state index in [1.807, 2.05) is 7.05 Å². The Morgan fingerprint density at radius 1 is 1.35 bits per heavy atom. The van der Waals surface area contributed by atoms with Gasteiger partial charge in [-0.15, -0.1) is 0 Å². The Balaban J connectivity index is 1.91. The Hall–Kier alpha value is -1.69. The van der Waals surface area contributed by atoms with Crippen molar-refractivity contribution in [1.29, 1.82) is 0 Å². The van der Waals surface area contributed by atoms with Gasteiger partial charge in [0.25, 0.3) is 5.91 Å². The SMILES string of the molecule is CNc1c(F)cc(C(=O)NCCN(C)C2CC2)cc1F. The molecule has 1 aliphatic carbocycles. The Labute approximate surface area is 117 Å². The van der Waals surface area contributed by atoms with Gasteiger partial charge in [0, 0.05) is 31.7 Å². The molecule has 110 valence electrons. The number of anilines is 1. The van der Waals surface area contributed by atoms with Crippen LogP contribution in [0.15, 0.2) is 12.1 Å². The smallest absolute Gasteiger partial charge is 0.251 e. The second-order valence-electron chi connectivity index (χ2n) is 5.03. The lowest BCUT2D eigenvalue weighted by Gasteiger charge is -2.15. The average molecular weight is 283 g/mol. The zero-order valence-corrected chi connectivity index (χ0v) is 11.7. The minimum absolute atomic E-state index is 0.00641. The first kappa shape index (κ1) is 14.7. The van der Waals surface area contributed by atoms with E-state index in [9.17, 15) is 13.6 Å². The minimum Gasteiger partial charge on any atom is -0.383 e. The van der Waals surface area contributed by atoms with Gasteiger partial charge in [0.2, 0.25) is 0 Å². The predicted molar refractivity (Wildman–Crippen MR) is 73.9 cm³/mol. The Kier molecular flexibility index (Phi) is 4.54. The fourth-order valence-corrected chi connectivity index (χ4v) is 2.09. The van der Waals surface area contributed by atoms with E-state index < -0.39 is 17.5 Å². The molecule has 0 saturated heterocycles. The Morgan fingerprint density at radius 3 is 2.45 bits per heavy atom. The van der Waals surface area contributed by atoms with Crippen LogP contribution < -0.4 is 10.6 Å². The van der Waals surface area contributed by atoms with Crippen LogP contribution in [0.1, 0.15) is 23.2 Å². The molecule has 0 radical (unpaired) electrons. The molecule has 1 fully saturated rings. The van der Waals surface area contributed by atoms with Crippen molar-refractivity contribution in [3.05, 3.63) is 29.3 Å². The zero-order chi connectivity index (χ0) is 14.7. The summed E-state index contributed by atoms with van der Waals surface area (Å²) in [5.74, 6) is -2.00.